The lowest BCUT2D eigenvalue weighted by molar-refractivity contribution is -0.109. The second-order valence-electron chi connectivity index (χ2n) is 18.4. The molecule has 6 atom stereocenters. The smallest absolute Gasteiger partial charge is 0.0701 e. The van der Waals surface area contributed by atoms with Gasteiger partial charge in [0.2, 0.25) is 0 Å². The Balaban J connectivity index is 2.86. The highest BCUT2D eigenvalue weighted by Crippen LogP contribution is 2.27. The number of hydrogen-bond acceptors (Lipinski definition) is 14. The van der Waals surface area contributed by atoms with Crippen LogP contribution in [0.2, 0.25) is 0 Å². The molecule has 0 amide bonds. The maximum Gasteiger partial charge on any atom is 0.0701 e. The highest BCUT2D eigenvalue weighted by atomic mass is 16.6. The second kappa shape index (κ2) is 33.0. The van der Waals surface area contributed by atoms with Gasteiger partial charge in [-0.3, -0.25) is 0 Å². The van der Waals surface area contributed by atoms with Crippen molar-refractivity contribution in [2.24, 2.45) is 33.0 Å². The molecule has 354 valence electrons. The monoisotopic (exact) mass is 855 g/mol. The van der Waals surface area contributed by atoms with Crippen LogP contribution in [-0.2, 0) is 56.8 Å². The predicted molar refractivity (Wildman–Crippen MR) is 229 cm³/mol. The van der Waals surface area contributed by atoms with E-state index in [1.165, 1.54) is 0 Å². The van der Waals surface area contributed by atoms with Crippen LogP contribution in [0.5, 0.6) is 0 Å². The summed E-state index contributed by atoms with van der Waals surface area (Å²) in [5, 5.41) is 19.3. The molecule has 1 aliphatic heterocycles. The normalized spacial score (nSPS) is 33.3. The molecule has 1 saturated heterocycles. The van der Waals surface area contributed by atoms with Crippen LogP contribution in [0.4, 0.5) is 0 Å². The molecule has 2 N–H and O–H groups in total. The Morgan fingerprint density at radius 2 is 0.746 bits per heavy atom. The van der Waals surface area contributed by atoms with E-state index in [2.05, 4.69) is 55.4 Å². The lowest BCUT2D eigenvalue weighted by Crippen LogP contribution is -2.40. The van der Waals surface area contributed by atoms with Crippen LogP contribution in [0.15, 0.2) is 0 Å². The fourth-order valence-electron chi connectivity index (χ4n) is 5.86. The van der Waals surface area contributed by atoms with Gasteiger partial charge in [-0.1, -0.05) is 62.3 Å². The average Bonchev–Trinajstić information content (AvgIpc) is 3.22. The van der Waals surface area contributed by atoms with Crippen molar-refractivity contribution in [3.05, 3.63) is 0 Å². The Hall–Kier alpha value is -0.560. The fraction of sp³-hybridized carbons (Fsp3) is 1.00. The third kappa shape index (κ3) is 27.3. The standard InChI is InChI=1S/C45H90O14/c1-10-40-26-56-32-41(5,11-2)29-51-22-17-49-19-24-53-31-43(7,13-4)34-58-38-45(9,37-55-21-16-48-15-14-46)39-59-36-44(8,28-47)35-54-25-20-50-18-23-52-30-42(6,12-3)33-57-27-40/h40,46-47H,10-39H2,1-9H3. The van der Waals surface area contributed by atoms with Crippen LogP contribution >= 0.6 is 0 Å². The van der Waals surface area contributed by atoms with Gasteiger partial charge in [0.15, 0.2) is 0 Å². The van der Waals surface area contributed by atoms with Gasteiger partial charge in [-0.15, -0.1) is 0 Å². The Labute approximate surface area is 359 Å². The van der Waals surface area contributed by atoms with Gasteiger partial charge in [0.1, 0.15) is 0 Å². The highest BCUT2D eigenvalue weighted by Gasteiger charge is 2.32. The predicted octanol–water partition coefficient (Wildman–Crippen LogP) is 5.47. The van der Waals surface area contributed by atoms with Crippen molar-refractivity contribution < 1.29 is 67.1 Å². The topological polar surface area (TPSA) is 151 Å². The van der Waals surface area contributed by atoms with E-state index < -0.39 is 10.8 Å². The van der Waals surface area contributed by atoms with Crippen LogP contribution in [0.3, 0.4) is 0 Å². The number of aliphatic hydroxyl groups excluding tert-OH is 2. The van der Waals surface area contributed by atoms with E-state index in [1.54, 1.807) is 0 Å². The van der Waals surface area contributed by atoms with Crippen molar-refractivity contribution in [1.82, 2.24) is 0 Å². The maximum atomic E-state index is 10.3. The molecule has 0 saturated carbocycles. The fourth-order valence-corrected chi connectivity index (χ4v) is 5.86. The molecule has 0 radical (unpaired) electrons. The molecular formula is C45H90O14. The first-order valence-corrected chi connectivity index (χ1v) is 22.4. The minimum Gasteiger partial charge on any atom is -0.396 e. The van der Waals surface area contributed by atoms with Crippen molar-refractivity contribution in [3.8, 4) is 0 Å². The summed E-state index contributed by atoms with van der Waals surface area (Å²) in [5.74, 6) is 0.323. The van der Waals surface area contributed by atoms with Crippen LogP contribution in [-0.4, -0.2) is 182 Å². The molecule has 1 rings (SSSR count). The van der Waals surface area contributed by atoms with Crippen molar-refractivity contribution in [1.29, 1.82) is 0 Å². The maximum absolute atomic E-state index is 10.3. The first kappa shape index (κ1) is 56.5. The van der Waals surface area contributed by atoms with Crippen LogP contribution in [0, 0.1) is 33.0 Å². The van der Waals surface area contributed by atoms with Gasteiger partial charge in [-0.25, -0.2) is 0 Å². The van der Waals surface area contributed by atoms with E-state index >= 15 is 0 Å². The van der Waals surface area contributed by atoms with E-state index in [0.717, 1.165) is 25.7 Å². The van der Waals surface area contributed by atoms with Crippen molar-refractivity contribution >= 4 is 0 Å². The van der Waals surface area contributed by atoms with Gasteiger partial charge in [0.05, 0.1) is 172 Å². The molecule has 0 aromatic heterocycles. The summed E-state index contributed by atoms with van der Waals surface area (Å²) in [4.78, 5) is 0. The molecule has 0 aromatic rings. The molecule has 6 unspecified atom stereocenters. The summed E-state index contributed by atoms with van der Waals surface area (Å²) in [6, 6.07) is 0. The van der Waals surface area contributed by atoms with Gasteiger partial charge >= 0.3 is 0 Å². The zero-order valence-electron chi connectivity index (χ0n) is 39.1. The van der Waals surface area contributed by atoms with Crippen LogP contribution in [0.1, 0.15) is 88.0 Å². The summed E-state index contributed by atoms with van der Waals surface area (Å²) in [5.41, 5.74) is -1.41. The number of hydrogen-bond donors (Lipinski definition) is 2. The molecule has 1 fully saturated rings. The molecule has 0 aliphatic carbocycles. The third-order valence-electron chi connectivity index (χ3n) is 11.3. The van der Waals surface area contributed by atoms with Gasteiger partial charge in [-0.2, -0.15) is 0 Å². The average molecular weight is 855 g/mol. The number of ether oxygens (including phenoxy) is 12. The Bertz CT molecular complexity index is 917. The zero-order valence-corrected chi connectivity index (χ0v) is 39.1. The van der Waals surface area contributed by atoms with Crippen molar-refractivity contribution in [3.63, 3.8) is 0 Å². The van der Waals surface area contributed by atoms with Gasteiger partial charge in [0.25, 0.3) is 0 Å². The SMILES string of the molecule is CCC1COCC(C)(CC)COCCOCCOCC(C)(CC)COCC(C)(COCCOCCO)COCC(C)(CO)COCCOCCOCC(C)(CC)COC1. The minimum absolute atomic E-state index is 0.0272. The largest absolute Gasteiger partial charge is 0.396 e. The van der Waals surface area contributed by atoms with E-state index in [4.69, 9.17) is 61.9 Å². The van der Waals surface area contributed by atoms with Crippen LogP contribution < -0.4 is 0 Å². The highest BCUT2D eigenvalue weighted by molar-refractivity contribution is 4.79. The summed E-state index contributed by atoms with van der Waals surface area (Å²) >= 11 is 0. The molecule has 1 aliphatic rings. The first-order valence-electron chi connectivity index (χ1n) is 22.4. The molecule has 14 heteroatoms. The molecule has 0 bridgehead atoms. The minimum atomic E-state index is -0.596. The zero-order chi connectivity index (χ0) is 43.8. The quantitative estimate of drug-likeness (QED) is 0.239. The van der Waals surface area contributed by atoms with Crippen LogP contribution in [0.25, 0.3) is 0 Å². The Kier molecular flexibility index (Phi) is 31.6. The lowest BCUT2D eigenvalue weighted by atomic mass is 9.89. The third-order valence-corrected chi connectivity index (χ3v) is 11.3. The summed E-state index contributed by atoms with van der Waals surface area (Å²) in [7, 11) is 0. The van der Waals surface area contributed by atoms with Gasteiger partial charge < -0.3 is 67.1 Å². The van der Waals surface area contributed by atoms with E-state index in [0.29, 0.717) is 158 Å². The number of rotatable bonds is 12. The summed E-state index contributed by atoms with van der Waals surface area (Å²) < 4.78 is 72.1. The van der Waals surface area contributed by atoms with Crippen molar-refractivity contribution in [2.75, 3.05) is 172 Å². The molecular weight excluding hydrogens is 764 g/mol. The number of aliphatic hydroxyl groups is 2. The van der Waals surface area contributed by atoms with E-state index in [1.807, 2.05) is 6.92 Å². The second-order valence-corrected chi connectivity index (χ2v) is 18.4. The summed E-state index contributed by atoms with van der Waals surface area (Å²) in [6.07, 6.45) is 3.76. The Morgan fingerprint density at radius 3 is 1.14 bits per heavy atom. The lowest BCUT2D eigenvalue weighted by Gasteiger charge is -2.34. The summed E-state index contributed by atoms with van der Waals surface area (Å²) in [6.45, 7) is 30.6. The molecule has 14 nitrogen and oxygen atoms in total. The van der Waals surface area contributed by atoms with Gasteiger partial charge in [-0.05, 0) is 25.7 Å². The van der Waals surface area contributed by atoms with Crippen molar-refractivity contribution in [2.45, 2.75) is 88.0 Å². The van der Waals surface area contributed by atoms with Gasteiger partial charge in [0, 0.05) is 33.0 Å². The van der Waals surface area contributed by atoms with E-state index in [9.17, 15) is 5.11 Å². The first-order chi connectivity index (χ1) is 28.3. The molecule has 0 spiro atoms. The molecule has 1 heterocycles. The van der Waals surface area contributed by atoms with E-state index in [-0.39, 0.29) is 36.1 Å². The Morgan fingerprint density at radius 1 is 0.407 bits per heavy atom. The molecule has 0 aromatic carbocycles. The molecule has 59 heavy (non-hydrogen) atoms.